The van der Waals surface area contributed by atoms with Gasteiger partial charge in [-0.3, -0.25) is 4.79 Å². The number of alkyl halides is 1. The molecule has 2 N–H and O–H groups in total. The van der Waals surface area contributed by atoms with Crippen LogP contribution in [0, 0.1) is 5.92 Å². The molecular formula is C8H9FO5. The summed E-state index contributed by atoms with van der Waals surface area (Å²) in [5.41, 5.74) is -2.76. The Morgan fingerprint density at radius 3 is 2.43 bits per heavy atom. The lowest BCUT2D eigenvalue weighted by atomic mass is 9.77. The molecule has 5 nitrogen and oxygen atoms in total. The van der Waals surface area contributed by atoms with Gasteiger partial charge >= 0.3 is 11.9 Å². The fraction of sp³-hybridized carbons (Fsp3) is 0.750. The molecule has 0 saturated carbocycles. The Bertz CT molecular complexity index is 304. The van der Waals surface area contributed by atoms with Gasteiger partial charge < -0.3 is 14.9 Å². The Morgan fingerprint density at radius 2 is 2.00 bits per heavy atom. The van der Waals surface area contributed by atoms with E-state index in [1.165, 1.54) is 0 Å². The second kappa shape index (κ2) is 2.66. The third kappa shape index (κ3) is 0.914. The van der Waals surface area contributed by atoms with E-state index in [9.17, 15) is 14.0 Å². The first-order valence-electron chi connectivity index (χ1n) is 4.28. The molecule has 78 valence electrons. The number of ether oxygens (including phenoxy) is 1. The molecule has 2 saturated heterocycles. The Balaban J connectivity index is 2.39. The molecule has 2 fully saturated rings. The molecule has 4 unspecified atom stereocenters. The summed E-state index contributed by atoms with van der Waals surface area (Å²) in [6.07, 6.45) is -1.21. The molecule has 2 heterocycles. The SMILES string of the molecule is O=C(O)C1C2CCC(O2)C1(F)C(=O)O. The first-order chi connectivity index (χ1) is 6.48. The first kappa shape index (κ1) is 9.39. The number of rotatable bonds is 2. The lowest BCUT2D eigenvalue weighted by Crippen LogP contribution is -2.52. The number of carboxylic acid groups (broad SMARTS) is 2. The van der Waals surface area contributed by atoms with E-state index >= 15 is 0 Å². The summed E-state index contributed by atoms with van der Waals surface area (Å²) in [6, 6.07) is 0. The Morgan fingerprint density at radius 1 is 1.36 bits per heavy atom. The average molecular weight is 204 g/mol. The summed E-state index contributed by atoms with van der Waals surface area (Å²) < 4.78 is 18.9. The average Bonchev–Trinajstić information content (AvgIpc) is 2.61. The summed E-state index contributed by atoms with van der Waals surface area (Å²) in [5.74, 6) is -4.75. The van der Waals surface area contributed by atoms with Gasteiger partial charge in [-0.2, -0.15) is 0 Å². The van der Waals surface area contributed by atoms with Crippen LogP contribution in [0.3, 0.4) is 0 Å². The van der Waals surface area contributed by atoms with Gasteiger partial charge in [-0.15, -0.1) is 0 Å². The summed E-state index contributed by atoms with van der Waals surface area (Å²) in [5, 5.41) is 17.4. The minimum absolute atomic E-state index is 0.275. The molecular weight excluding hydrogens is 195 g/mol. The third-order valence-electron chi connectivity index (χ3n) is 2.94. The summed E-state index contributed by atoms with van der Waals surface area (Å²) in [4.78, 5) is 21.4. The topological polar surface area (TPSA) is 83.8 Å². The van der Waals surface area contributed by atoms with Crippen molar-refractivity contribution in [1.82, 2.24) is 0 Å². The van der Waals surface area contributed by atoms with E-state index in [4.69, 9.17) is 14.9 Å². The van der Waals surface area contributed by atoms with Crippen LogP contribution in [0.15, 0.2) is 0 Å². The number of hydrogen-bond donors (Lipinski definition) is 2. The number of hydrogen-bond acceptors (Lipinski definition) is 3. The van der Waals surface area contributed by atoms with Crippen molar-refractivity contribution in [3.8, 4) is 0 Å². The zero-order chi connectivity index (χ0) is 10.5. The molecule has 0 aromatic rings. The highest BCUT2D eigenvalue weighted by molar-refractivity contribution is 5.88. The van der Waals surface area contributed by atoms with Crippen LogP contribution in [-0.2, 0) is 14.3 Å². The van der Waals surface area contributed by atoms with Crippen LogP contribution in [0.1, 0.15) is 12.8 Å². The van der Waals surface area contributed by atoms with Gasteiger partial charge in [-0.25, -0.2) is 9.18 Å². The minimum Gasteiger partial charge on any atom is -0.481 e. The molecule has 14 heavy (non-hydrogen) atoms. The van der Waals surface area contributed by atoms with Gasteiger partial charge in [0.15, 0.2) is 0 Å². The molecule has 0 radical (unpaired) electrons. The van der Waals surface area contributed by atoms with E-state index in [1.54, 1.807) is 0 Å². The van der Waals surface area contributed by atoms with Gasteiger partial charge in [-0.05, 0) is 12.8 Å². The van der Waals surface area contributed by atoms with Crippen molar-refractivity contribution in [3.63, 3.8) is 0 Å². The zero-order valence-electron chi connectivity index (χ0n) is 7.14. The van der Waals surface area contributed by atoms with Crippen molar-refractivity contribution in [3.05, 3.63) is 0 Å². The second-order valence-electron chi connectivity index (χ2n) is 3.63. The molecule has 4 atom stereocenters. The van der Waals surface area contributed by atoms with Gasteiger partial charge in [0.25, 0.3) is 0 Å². The third-order valence-corrected chi connectivity index (χ3v) is 2.94. The van der Waals surface area contributed by atoms with Crippen molar-refractivity contribution >= 4 is 11.9 Å². The minimum atomic E-state index is -2.76. The highest BCUT2D eigenvalue weighted by Crippen LogP contribution is 2.48. The largest absolute Gasteiger partial charge is 0.481 e. The Labute approximate surface area is 78.5 Å². The van der Waals surface area contributed by atoms with Crippen LogP contribution >= 0.6 is 0 Å². The fourth-order valence-electron chi connectivity index (χ4n) is 2.30. The normalized spacial score (nSPS) is 45.4. The molecule has 2 bridgehead atoms. The van der Waals surface area contributed by atoms with Crippen LogP contribution in [0.25, 0.3) is 0 Å². The first-order valence-corrected chi connectivity index (χ1v) is 4.28. The highest BCUT2D eigenvalue weighted by atomic mass is 19.1. The Kier molecular flexibility index (Phi) is 1.79. The van der Waals surface area contributed by atoms with Gasteiger partial charge in [0.05, 0.1) is 6.10 Å². The maximum atomic E-state index is 13.9. The number of carboxylic acids is 2. The molecule has 2 aliphatic heterocycles. The van der Waals surface area contributed by atoms with Crippen molar-refractivity contribution < 1.29 is 28.9 Å². The molecule has 0 spiro atoms. The molecule has 2 rings (SSSR count). The molecule has 0 aromatic carbocycles. The van der Waals surface area contributed by atoms with Crippen LogP contribution < -0.4 is 0 Å². The molecule has 0 amide bonds. The van der Waals surface area contributed by atoms with E-state index in [2.05, 4.69) is 0 Å². The lowest BCUT2D eigenvalue weighted by Gasteiger charge is -2.27. The van der Waals surface area contributed by atoms with Gasteiger partial charge in [0.2, 0.25) is 5.67 Å². The van der Waals surface area contributed by atoms with Crippen molar-refractivity contribution in [2.75, 3.05) is 0 Å². The van der Waals surface area contributed by atoms with E-state index < -0.39 is 35.7 Å². The number of aliphatic carboxylic acids is 2. The number of carbonyl (C=O) groups is 2. The summed E-state index contributed by atoms with van der Waals surface area (Å²) >= 11 is 0. The van der Waals surface area contributed by atoms with E-state index in [1.807, 2.05) is 0 Å². The van der Waals surface area contributed by atoms with Crippen molar-refractivity contribution in [1.29, 1.82) is 0 Å². The molecule has 6 heteroatoms. The smallest absolute Gasteiger partial charge is 0.345 e. The quantitative estimate of drug-likeness (QED) is 0.663. The van der Waals surface area contributed by atoms with Crippen LogP contribution in [0.2, 0.25) is 0 Å². The van der Waals surface area contributed by atoms with E-state index in [-0.39, 0.29) is 6.42 Å². The number of halogens is 1. The molecule has 2 aliphatic rings. The maximum Gasteiger partial charge on any atom is 0.345 e. The van der Waals surface area contributed by atoms with Crippen LogP contribution in [-0.4, -0.2) is 40.0 Å². The summed E-state index contributed by atoms with van der Waals surface area (Å²) in [7, 11) is 0. The maximum absolute atomic E-state index is 13.9. The number of fused-ring (bicyclic) bond motifs is 2. The lowest BCUT2D eigenvalue weighted by molar-refractivity contribution is -0.166. The van der Waals surface area contributed by atoms with Crippen molar-refractivity contribution in [2.24, 2.45) is 5.92 Å². The zero-order valence-corrected chi connectivity index (χ0v) is 7.14. The second-order valence-corrected chi connectivity index (χ2v) is 3.63. The Hall–Kier alpha value is -1.17. The van der Waals surface area contributed by atoms with Gasteiger partial charge in [-0.1, -0.05) is 0 Å². The standard InChI is InChI=1S/C8H9FO5/c9-8(7(12)13)4-2-1-3(14-4)5(8)6(10)11/h3-5H,1-2H2,(H,10,11)(H,12,13). The predicted octanol–water partition coefficient (Wildman–Crippen LogP) is 0.0413. The van der Waals surface area contributed by atoms with Crippen molar-refractivity contribution in [2.45, 2.75) is 30.7 Å². The van der Waals surface area contributed by atoms with E-state index in [0.717, 1.165) is 0 Å². The summed E-state index contributed by atoms with van der Waals surface area (Å²) in [6.45, 7) is 0. The highest BCUT2D eigenvalue weighted by Gasteiger charge is 2.68. The van der Waals surface area contributed by atoms with Crippen LogP contribution in [0.4, 0.5) is 4.39 Å². The monoisotopic (exact) mass is 204 g/mol. The van der Waals surface area contributed by atoms with E-state index in [0.29, 0.717) is 6.42 Å². The molecule has 0 aromatic heterocycles. The molecule has 0 aliphatic carbocycles. The van der Waals surface area contributed by atoms with Gasteiger partial charge in [0.1, 0.15) is 12.0 Å². The van der Waals surface area contributed by atoms with Crippen LogP contribution in [0.5, 0.6) is 0 Å². The fourth-order valence-corrected chi connectivity index (χ4v) is 2.30. The van der Waals surface area contributed by atoms with Gasteiger partial charge in [0, 0.05) is 0 Å². The predicted molar refractivity (Wildman–Crippen MR) is 40.5 cm³/mol.